The van der Waals surface area contributed by atoms with E-state index in [-0.39, 0.29) is 6.10 Å². The Labute approximate surface area is 95.7 Å². The van der Waals surface area contributed by atoms with E-state index in [1.54, 1.807) is 7.11 Å². The zero-order valence-corrected chi connectivity index (χ0v) is 10.1. The van der Waals surface area contributed by atoms with E-state index in [1.165, 1.54) is 0 Å². The summed E-state index contributed by atoms with van der Waals surface area (Å²) in [5, 5.41) is 3.90. The number of rotatable bonds is 7. The molecule has 1 unspecified atom stereocenters. The molecule has 1 heterocycles. The number of methoxy groups -OCH3 is 1. The van der Waals surface area contributed by atoms with Crippen molar-refractivity contribution in [1.82, 2.24) is 15.0 Å². The first-order valence-electron chi connectivity index (χ1n) is 5.34. The van der Waals surface area contributed by atoms with Gasteiger partial charge in [-0.1, -0.05) is 5.16 Å². The summed E-state index contributed by atoms with van der Waals surface area (Å²) >= 11 is 0. The maximum absolute atomic E-state index is 5.51. The monoisotopic (exact) mass is 228 g/mol. The van der Waals surface area contributed by atoms with Crippen LogP contribution in [0.1, 0.15) is 11.7 Å². The van der Waals surface area contributed by atoms with E-state index < -0.39 is 0 Å². The molecule has 0 aliphatic carbocycles. The Morgan fingerprint density at radius 2 is 2.25 bits per heavy atom. The smallest absolute Gasteiger partial charge is 0.229 e. The van der Waals surface area contributed by atoms with Gasteiger partial charge in [-0.3, -0.25) is 0 Å². The van der Waals surface area contributed by atoms with Gasteiger partial charge in [-0.2, -0.15) is 4.98 Å². The highest BCUT2D eigenvalue weighted by molar-refractivity contribution is 4.89. The molecule has 1 rings (SSSR count). The molecule has 0 aliphatic heterocycles. The van der Waals surface area contributed by atoms with Gasteiger partial charge in [0.05, 0.1) is 12.5 Å². The van der Waals surface area contributed by atoms with Gasteiger partial charge < -0.3 is 19.9 Å². The van der Waals surface area contributed by atoms with E-state index >= 15 is 0 Å². The Balaban J connectivity index is 2.44. The van der Waals surface area contributed by atoms with Gasteiger partial charge in [-0.25, -0.2) is 0 Å². The highest BCUT2D eigenvalue weighted by Crippen LogP contribution is 2.03. The lowest BCUT2D eigenvalue weighted by molar-refractivity contribution is 0.102. The Kier molecular flexibility index (Phi) is 5.37. The minimum absolute atomic E-state index is 0.0536. The minimum atomic E-state index is -0.0536. The van der Waals surface area contributed by atoms with Crippen LogP contribution in [0.25, 0.3) is 0 Å². The van der Waals surface area contributed by atoms with Gasteiger partial charge in [-0.05, 0) is 14.1 Å². The van der Waals surface area contributed by atoms with Crippen LogP contribution in [0.3, 0.4) is 0 Å². The average molecular weight is 228 g/mol. The van der Waals surface area contributed by atoms with Crippen LogP contribution in [0.5, 0.6) is 0 Å². The van der Waals surface area contributed by atoms with Crippen LogP contribution in [0.15, 0.2) is 4.52 Å². The molecule has 0 amide bonds. The van der Waals surface area contributed by atoms with Crippen molar-refractivity contribution in [1.29, 1.82) is 0 Å². The van der Waals surface area contributed by atoms with Crippen molar-refractivity contribution in [2.45, 2.75) is 18.9 Å². The molecular weight excluding hydrogens is 208 g/mol. The number of hydrogen-bond acceptors (Lipinski definition) is 6. The van der Waals surface area contributed by atoms with Gasteiger partial charge in [0.2, 0.25) is 5.89 Å². The molecule has 1 aromatic rings. The Hall–Kier alpha value is -0.980. The third kappa shape index (κ3) is 4.26. The van der Waals surface area contributed by atoms with E-state index in [1.807, 2.05) is 14.1 Å². The topological polar surface area (TPSA) is 77.4 Å². The summed E-state index contributed by atoms with van der Waals surface area (Å²) in [6, 6.07) is 0. The molecule has 0 aromatic carbocycles. The van der Waals surface area contributed by atoms with Gasteiger partial charge in [0.1, 0.15) is 0 Å². The second-order valence-corrected chi connectivity index (χ2v) is 3.96. The Morgan fingerprint density at radius 3 is 2.81 bits per heavy atom. The van der Waals surface area contributed by atoms with Crippen molar-refractivity contribution in [2.75, 3.05) is 34.3 Å². The number of nitrogens with zero attached hydrogens (tertiary/aromatic N) is 3. The van der Waals surface area contributed by atoms with Gasteiger partial charge in [0.25, 0.3) is 0 Å². The first-order valence-corrected chi connectivity index (χ1v) is 5.34. The average Bonchev–Trinajstić information content (AvgIpc) is 2.70. The first-order chi connectivity index (χ1) is 7.65. The predicted octanol–water partition coefficient (Wildman–Crippen LogP) is -0.310. The van der Waals surface area contributed by atoms with Crippen molar-refractivity contribution >= 4 is 0 Å². The summed E-state index contributed by atoms with van der Waals surface area (Å²) in [5.41, 5.74) is 5.51. The summed E-state index contributed by atoms with van der Waals surface area (Å²) in [7, 11) is 5.65. The minimum Gasteiger partial charge on any atom is -0.380 e. The van der Waals surface area contributed by atoms with Gasteiger partial charge in [-0.15, -0.1) is 0 Å². The van der Waals surface area contributed by atoms with Crippen LogP contribution in [0.4, 0.5) is 0 Å². The van der Waals surface area contributed by atoms with Crippen molar-refractivity contribution in [3.63, 3.8) is 0 Å². The van der Waals surface area contributed by atoms with Crippen LogP contribution < -0.4 is 5.73 Å². The molecule has 6 nitrogen and oxygen atoms in total. The number of ether oxygens (including phenoxy) is 1. The summed E-state index contributed by atoms with van der Waals surface area (Å²) < 4.78 is 10.3. The molecule has 1 aromatic heterocycles. The lowest BCUT2D eigenvalue weighted by Crippen LogP contribution is -2.24. The second-order valence-electron chi connectivity index (χ2n) is 3.96. The molecule has 0 saturated carbocycles. The van der Waals surface area contributed by atoms with Crippen molar-refractivity contribution in [3.8, 4) is 0 Å². The summed E-state index contributed by atoms with van der Waals surface area (Å²) in [6.45, 7) is 1.36. The van der Waals surface area contributed by atoms with Gasteiger partial charge in [0.15, 0.2) is 5.82 Å². The molecule has 0 spiro atoms. The SMILES string of the molecule is COC(CN)Cc1nc(CCN(C)C)no1. The van der Waals surface area contributed by atoms with E-state index in [0.29, 0.717) is 18.9 Å². The van der Waals surface area contributed by atoms with Crippen molar-refractivity contribution < 1.29 is 9.26 Å². The largest absolute Gasteiger partial charge is 0.380 e. The highest BCUT2D eigenvalue weighted by Gasteiger charge is 2.12. The van der Waals surface area contributed by atoms with Crippen LogP contribution in [-0.4, -0.2) is 55.4 Å². The molecule has 0 aliphatic rings. The molecule has 6 heteroatoms. The summed E-state index contributed by atoms with van der Waals surface area (Å²) in [4.78, 5) is 6.36. The predicted molar refractivity (Wildman–Crippen MR) is 60.1 cm³/mol. The third-order valence-electron chi connectivity index (χ3n) is 2.29. The summed E-state index contributed by atoms with van der Waals surface area (Å²) in [5.74, 6) is 1.32. The number of aromatic nitrogens is 2. The fourth-order valence-electron chi connectivity index (χ4n) is 1.26. The normalized spacial score (nSPS) is 13.3. The lowest BCUT2D eigenvalue weighted by Gasteiger charge is -2.08. The maximum Gasteiger partial charge on any atom is 0.229 e. The zero-order chi connectivity index (χ0) is 12.0. The lowest BCUT2D eigenvalue weighted by atomic mass is 10.2. The Morgan fingerprint density at radius 1 is 1.50 bits per heavy atom. The molecule has 2 N–H and O–H groups in total. The Bertz CT molecular complexity index is 297. The first kappa shape index (κ1) is 13.1. The number of hydrogen-bond donors (Lipinski definition) is 1. The van der Waals surface area contributed by atoms with Crippen LogP contribution in [0, 0.1) is 0 Å². The fourth-order valence-corrected chi connectivity index (χ4v) is 1.26. The molecule has 1 atom stereocenters. The number of nitrogens with two attached hydrogens (primary N) is 1. The second kappa shape index (κ2) is 6.57. The molecule has 0 fully saturated rings. The van der Waals surface area contributed by atoms with E-state index in [0.717, 1.165) is 18.8 Å². The fraction of sp³-hybridized carbons (Fsp3) is 0.800. The maximum atomic E-state index is 5.51. The standard InChI is InChI=1S/C10H20N4O2/c1-14(2)5-4-9-12-10(16-13-9)6-8(7-11)15-3/h8H,4-7,11H2,1-3H3. The zero-order valence-electron chi connectivity index (χ0n) is 10.1. The van der Waals surface area contributed by atoms with Gasteiger partial charge in [0, 0.05) is 26.6 Å². The quantitative estimate of drug-likeness (QED) is 0.690. The van der Waals surface area contributed by atoms with Crippen LogP contribution in [0.2, 0.25) is 0 Å². The number of likely N-dealkylation sites (N-methyl/N-ethyl adjacent to an activating group) is 1. The van der Waals surface area contributed by atoms with E-state index in [9.17, 15) is 0 Å². The van der Waals surface area contributed by atoms with Crippen molar-refractivity contribution in [3.05, 3.63) is 11.7 Å². The van der Waals surface area contributed by atoms with Gasteiger partial charge >= 0.3 is 0 Å². The molecule has 92 valence electrons. The summed E-state index contributed by atoms with van der Waals surface area (Å²) in [6.07, 6.45) is 1.31. The van der Waals surface area contributed by atoms with E-state index in [4.69, 9.17) is 15.0 Å². The highest BCUT2D eigenvalue weighted by atomic mass is 16.5. The van der Waals surface area contributed by atoms with Crippen LogP contribution in [-0.2, 0) is 17.6 Å². The van der Waals surface area contributed by atoms with E-state index in [2.05, 4.69) is 15.0 Å². The van der Waals surface area contributed by atoms with Crippen molar-refractivity contribution in [2.24, 2.45) is 5.73 Å². The third-order valence-corrected chi connectivity index (χ3v) is 2.29. The molecule has 0 radical (unpaired) electrons. The molecular formula is C10H20N4O2. The molecule has 16 heavy (non-hydrogen) atoms. The molecule has 0 saturated heterocycles. The van der Waals surface area contributed by atoms with Crippen LogP contribution >= 0.6 is 0 Å². The molecule has 0 bridgehead atoms.